The van der Waals surface area contributed by atoms with Gasteiger partial charge in [-0.1, -0.05) is 13.0 Å². The van der Waals surface area contributed by atoms with E-state index < -0.39 is 0 Å². The van der Waals surface area contributed by atoms with E-state index in [4.69, 9.17) is 0 Å². The van der Waals surface area contributed by atoms with Crippen LogP contribution in [0.3, 0.4) is 0 Å². The molecule has 0 bridgehead atoms. The highest BCUT2D eigenvalue weighted by Gasteiger charge is 2.10. The maximum Gasteiger partial charge on any atom is 0.239 e. The molecule has 1 amide bonds. The number of hydrogen-bond acceptors (Lipinski definition) is 3. The Bertz CT molecular complexity index is 446. The standard InChI is InChI=1S/C17H29N3O/c1-5-10-18-12-15-8-9-16(11-14(15)4)20(7-3)13-17(21)19-6-2/h8-9,11,18H,5-7,10,12-13H2,1-4H3,(H,19,21). The number of likely N-dealkylation sites (N-methyl/N-ethyl adjacent to an activating group) is 2. The number of carbonyl (C=O) groups is 1. The molecule has 2 N–H and O–H groups in total. The monoisotopic (exact) mass is 291 g/mol. The average Bonchev–Trinajstić information content (AvgIpc) is 2.47. The Morgan fingerprint density at radius 1 is 1.24 bits per heavy atom. The van der Waals surface area contributed by atoms with Crippen LogP contribution in [0.25, 0.3) is 0 Å². The Kier molecular flexibility index (Phi) is 7.83. The molecular weight excluding hydrogens is 262 g/mol. The topological polar surface area (TPSA) is 44.4 Å². The molecule has 0 aliphatic rings. The van der Waals surface area contributed by atoms with Crippen LogP contribution in [0.1, 0.15) is 38.3 Å². The third kappa shape index (κ3) is 5.76. The van der Waals surface area contributed by atoms with E-state index in [1.54, 1.807) is 0 Å². The van der Waals surface area contributed by atoms with Gasteiger partial charge in [0.25, 0.3) is 0 Å². The predicted molar refractivity (Wildman–Crippen MR) is 89.7 cm³/mol. The second kappa shape index (κ2) is 9.40. The predicted octanol–water partition coefficient (Wildman–Crippen LogP) is 2.46. The van der Waals surface area contributed by atoms with Crippen LogP contribution < -0.4 is 15.5 Å². The summed E-state index contributed by atoms with van der Waals surface area (Å²) in [6.45, 7) is 12.2. The Hall–Kier alpha value is -1.55. The largest absolute Gasteiger partial charge is 0.362 e. The van der Waals surface area contributed by atoms with Crippen LogP contribution in [0.5, 0.6) is 0 Å². The van der Waals surface area contributed by atoms with Gasteiger partial charge in [-0.3, -0.25) is 4.79 Å². The first kappa shape index (κ1) is 17.5. The van der Waals surface area contributed by atoms with Gasteiger partial charge in [0.1, 0.15) is 0 Å². The summed E-state index contributed by atoms with van der Waals surface area (Å²) in [7, 11) is 0. The maximum absolute atomic E-state index is 11.7. The molecule has 21 heavy (non-hydrogen) atoms. The first-order valence-corrected chi connectivity index (χ1v) is 7.94. The van der Waals surface area contributed by atoms with E-state index >= 15 is 0 Å². The van der Waals surface area contributed by atoms with Crippen molar-refractivity contribution in [1.82, 2.24) is 10.6 Å². The fraction of sp³-hybridized carbons (Fsp3) is 0.588. The molecule has 4 nitrogen and oxygen atoms in total. The highest BCUT2D eigenvalue weighted by Crippen LogP contribution is 2.19. The lowest BCUT2D eigenvalue weighted by atomic mass is 10.1. The highest BCUT2D eigenvalue weighted by atomic mass is 16.2. The van der Waals surface area contributed by atoms with Crippen LogP contribution in [0.15, 0.2) is 18.2 Å². The van der Waals surface area contributed by atoms with Gasteiger partial charge in [-0.05, 0) is 57.0 Å². The van der Waals surface area contributed by atoms with Crippen LogP contribution in [-0.2, 0) is 11.3 Å². The van der Waals surface area contributed by atoms with E-state index in [-0.39, 0.29) is 5.91 Å². The molecule has 0 unspecified atom stereocenters. The van der Waals surface area contributed by atoms with Gasteiger partial charge in [0, 0.05) is 25.3 Å². The van der Waals surface area contributed by atoms with Crippen LogP contribution >= 0.6 is 0 Å². The number of nitrogens with zero attached hydrogens (tertiary/aromatic N) is 1. The fourth-order valence-corrected chi connectivity index (χ4v) is 2.29. The van der Waals surface area contributed by atoms with E-state index in [9.17, 15) is 4.79 Å². The molecule has 1 rings (SSSR count). The molecule has 0 fully saturated rings. The van der Waals surface area contributed by atoms with Gasteiger partial charge in [0.15, 0.2) is 0 Å². The van der Waals surface area contributed by atoms with Gasteiger partial charge >= 0.3 is 0 Å². The molecule has 1 aromatic rings. The Morgan fingerprint density at radius 3 is 2.57 bits per heavy atom. The summed E-state index contributed by atoms with van der Waals surface area (Å²) in [6.07, 6.45) is 1.15. The zero-order valence-electron chi connectivity index (χ0n) is 13.8. The lowest BCUT2D eigenvalue weighted by Gasteiger charge is -2.23. The van der Waals surface area contributed by atoms with Gasteiger partial charge in [0.05, 0.1) is 6.54 Å². The van der Waals surface area contributed by atoms with Crippen molar-refractivity contribution in [3.63, 3.8) is 0 Å². The van der Waals surface area contributed by atoms with Crippen molar-refractivity contribution >= 4 is 11.6 Å². The SMILES string of the molecule is CCCNCc1ccc(N(CC)CC(=O)NCC)cc1C. The second-order valence-corrected chi connectivity index (χ2v) is 5.26. The summed E-state index contributed by atoms with van der Waals surface area (Å²) in [6, 6.07) is 6.44. The molecule has 0 aliphatic heterocycles. The van der Waals surface area contributed by atoms with Crippen molar-refractivity contribution in [3.8, 4) is 0 Å². The Labute approximate surface area is 128 Å². The number of carbonyl (C=O) groups excluding carboxylic acids is 1. The minimum Gasteiger partial charge on any atom is -0.362 e. The number of anilines is 1. The van der Waals surface area contributed by atoms with Crippen LogP contribution in [0.4, 0.5) is 5.69 Å². The lowest BCUT2D eigenvalue weighted by Crippen LogP contribution is -2.37. The minimum atomic E-state index is 0.0747. The highest BCUT2D eigenvalue weighted by molar-refractivity contribution is 5.81. The molecule has 0 saturated carbocycles. The van der Waals surface area contributed by atoms with Crippen molar-refractivity contribution < 1.29 is 4.79 Å². The first-order chi connectivity index (χ1) is 10.1. The van der Waals surface area contributed by atoms with Crippen molar-refractivity contribution in [2.24, 2.45) is 0 Å². The van der Waals surface area contributed by atoms with Crippen molar-refractivity contribution in [2.75, 3.05) is 31.1 Å². The van der Waals surface area contributed by atoms with Gasteiger partial charge in [-0.25, -0.2) is 0 Å². The van der Waals surface area contributed by atoms with E-state index in [0.29, 0.717) is 13.1 Å². The van der Waals surface area contributed by atoms with Gasteiger partial charge in [-0.2, -0.15) is 0 Å². The van der Waals surface area contributed by atoms with Crippen molar-refractivity contribution in [1.29, 1.82) is 0 Å². The summed E-state index contributed by atoms with van der Waals surface area (Å²) in [4.78, 5) is 13.8. The van der Waals surface area contributed by atoms with Gasteiger partial charge < -0.3 is 15.5 Å². The molecular formula is C17H29N3O. The first-order valence-electron chi connectivity index (χ1n) is 7.94. The van der Waals surface area contributed by atoms with E-state index in [0.717, 1.165) is 31.7 Å². The number of benzene rings is 1. The molecule has 0 aliphatic carbocycles. The quantitative estimate of drug-likeness (QED) is 0.687. The minimum absolute atomic E-state index is 0.0747. The van der Waals surface area contributed by atoms with Crippen LogP contribution in [-0.4, -0.2) is 32.1 Å². The van der Waals surface area contributed by atoms with E-state index in [2.05, 4.69) is 54.5 Å². The summed E-state index contributed by atoms with van der Waals surface area (Å²) < 4.78 is 0. The smallest absolute Gasteiger partial charge is 0.239 e. The van der Waals surface area contributed by atoms with Crippen LogP contribution in [0, 0.1) is 6.92 Å². The zero-order chi connectivity index (χ0) is 15.7. The number of nitrogens with one attached hydrogen (secondary N) is 2. The number of aryl methyl sites for hydroxylation is 1. The second-order valence-electron chi connectivity index (χ2n) is 5.26. The van der Waals surface area contributed by atoms with Gasteiger partial charge in [-0.15, -0.1) is 0 Å². The molecule has 118 valence electrons. The number of rotatable bonds is 9. The Morgan fingerprint density at radius 2 is 2.00 bits per heavy atom. The summed E-state index contributed by atoms with van der Waals surface area (Å²) in [5, 5.41) is 6.28. The molecule has 1 aromatic carbocycles. The molecule has 0 radical (unpaired) electrons. The van der Waals surface area contributed by atoms with Crippen molar-refractivity contribution in [2.45, 2.75) is 40.7 Å². The van der Waals surface area contributed by atoms with E-state index in [1.807, 2.05) is 6.92 Å². The Balaban J connectivity index is 2.73. The normalized spacial score (nSPS) is 10.5. The molecule has 0 atom stereocenters. The zero-order valence-corrected chi connectivity index (χ0v) is 13.8. The number of amides is 1. The van der Waals surface area contributed by atoms with Crippen LogP contribution in [0.2, 0.25) is 0 Å². The van der Waals surface area contributed by atoms with Crippen molar-refractivity contribution in [3.05, 3.63) is 29.3 Å². The molecule has 0 saturated heterocycles. The lowest BCUT2D eigenvalue weighted by molar-refractivity contribution is -0.119. The summed E-state index contributed by atoms with van der Waals surface area (Å²) in [5.74, 6) is 0.0747. The number of hydrogen-bond donors (Lipinski definition) is 2. The molecule has 0 aromatic heterocycles. The molecule has 0 heterocycles. The van der Waals surface area contributed by atoms with Gasteiger partial charge in [0.2, 0.25) is 5.91 Å². The third-order valence-corrected chi connectivity index (χ3v) is 3.52. The molecule has 0 spiro atoms. The average molecular weight is 291 g/mol. The van der Waals surface area contributed by atoms with E-state index in [1.165, 1.54) is 11.1 Å². The maximum atomic E-state index is 11.7. The fourth-order valence-electron chi connectivity index (χ4n) is 2.29. The summed E-state index contributed by atoms with van der Waals surface area (Å²) in [5.41, 5.74) is 3.70. The third-order valence-electron chi connectivity index (χ3n) is 3.52. The molecule has 4 heteroatoms. The summed E-state index contributed by atoms with van der Waals surface area (Å²) >= 11 is 0.